The topological polar surface area (TPSA) is 85.5 Å². The molecule has 0 bridgehead atoms. The second-order valence-corrected chi connectivity index (χ2v) is 10.8. The van der Waals surface area contributed by atoms with Crippen LogP contribution in [0.5, 0.6) is 0 Å². The van der Waals surface area contributed by atoms with Gasteiger partial charge < -0.3 is 10.3 Å². The summed E-state index contributed by atoms with van der Waals surface area (Å²) in [6, 6.07) is 26.7. The Morgan fingerprint density at radius 3 is 2.43 bits per heavy atom. The van der Waals surface area contributed by atoms with Gasteiger partial charge in [-0.3, -0.25) is 14.5 Å². The Balaban J connectivity index is 1.27. The number of carbonyl (C=O) groups is 3. The highest BCUT2D eigenvalue weighted by atomic mass is 19.1. The molecule has 2 aliphatic heterocycles. The third-order valence-electron chi connectivity index (χ3n) is 8.20. The number of hydrogen-bond donors (Lipinski definition) is 2. The van der Waals surface area contributed by atoms with Gasteiger partial charge >= 0.3 is 6.03 Å². The van der Waals surface area contributed by atoms with Crippen molar-refractivity contribution in [2.24, 2.45) is 0 Å². The zero-order valence-corrected chi connectivity index (χ0v) is 22.8. The first-order chi connectivity index (χ1) is 20.4. The number of aromatic nitrogens is 1. The fraction of sp³-hybridized carbons (Fsp3) is 0.147. The SMILES string of the molecule is Cc1ccc(C2c3[nH]c4ccccc4c3C[C@H]3C(=O)N(c4ccccc4C(=O)NCc4ccc(F)cc4)C(=O)N23)cc1. The number of aryl methyl sites for hydroxylation is 1. The van der Waals surface area contributed by atoms with E-state index in [1.54, 1.807) is 41.3 Å². The largest absolute Gasteiger partial charge is 0.356 e. The van der Waals surface area contributed by atoms with Crippen LogP contribution in [0.15, 0.2) is 97.1 Å². The number of amides is 4. The van der Waals surface area contributed by atoms with Gasteiger partial charge in [0.15, 0.2) is 0 Å². The number of nitrogens with one attached hydrogen (secondary N) is 2. The number of aromatic amines is 1. The fourth-order valence-electron chi connectivity index (χ4n) is 6.13. The lowest BCUT2D eigenvalue weighted by Gasteiger charge is -2.36. The number of rotatable bonds is 5. The minimum absolute atomic E-state index is 0.168. The van der Waals surface area contributed by atoms with Crippen LogP contribution in [-0.4, -0.2) is 33.8 Å². The molecule has 3 heterocycles. The van der Waals surface area contributed by atoms with E-state index in [9.17, 15) is 18.8 Å². The van der Waals surface area contributed by atoms with E-state index in [1.807, 2.05) is 55.5 Å². The van der Waals surface area contributed by atoms with Gasteiger partial charge in [-0.25, -0.2) is 14.1 Å². The van der Waals surface area contributed by atoms with Crippen LogP contribution in [0.3, 0.4) is 0 Å². The summed E-state index contributed by atoms with van der Waals surface area (Å²) in [6.07, 6.45) is 0.363. The van der Waals surface area contributed by atoms with E-state index in [0.29, 0.717) is 6.42 Å². The summed E-state index contributed by atoms with van der Waals surface area (Å²) in [5, 5.41) is 3.86. The van der Waals surface area contributed by atoms with E-state index in [-0.39, 0.29) is 29.5 Å². The predicted molar refractivity (Wildman–Crippen MR) is 158 cm³/mol. The number of nitrogens with zero attached hydrogens (tertiary/aromatic N) is 2. The molecule has 1 aromatic heterocycles. The zero-order valence-electron chi connectivity index (χ0n) is 22.8. The van der Waals surface area contributed by atoms with Crippen molar-refractivity contribution in [1.82, 2.24) is 15.2 Å². The molecular formula is C34H27FN4O3. The molecule has 7 nitrogen and oxygen atoms in total. The number of halogens is 1. The van der Waals surface area contributed by atoms with E-state index < -0.39 is 24.0 Å². The molecule has 7 rings (SSSR count). The molecule has 4 aromatic carbocycles. The summed E-state index contributed by atoms with van der Waals surface area (Å²) >= 11 is 0. The summed E-state index contributed by atoms with van der Waals surface area (Å²) in [5.41, 5.74) is 6.02. The Bertz CT molecular complexity index is 1860. The highest BCUT2D eigenvalue weighted by Crippen LogP contribution is 2.45. The van der Waals surface area contributed by atoms with E-state index in [0.717, 1.165) is 43.8 Å². The normalized spacial score (nSPS) is 17.9. The van der Waals surface area contributed by atoms with Crippen molar-refractivity contribution in [1.29, 1.82) is 0 Å². The van der Waals surface area contributed by atoms with Gasteiger partial charge in [-0.15, -0.1) is 0 Å². The minimum atomic E-state index is -0.731. The highest BCUT2D eigenvalue weighted by molar-refractivity contribution is 6.24. The highest BCUT2D eigenvalue weighted by Gasteiger charge is 2.53. The maximum atomic E-state index is 14.3. The number of para-hydroxylation sites is 2. The lowest BCUT2D eigenvalue weighted by molar-refractivity contribution is -0.120. The molecule has 8 heteroatoms. The molecule has 208 valence electrons. The van der Waals surface area contributed by atoms with Gasteiger partial charge in [0.05, 0.1) is 11.3 Å². The fourth-order valence-corrected chi connectivity index (χ4v) is 6.13. The number of carbonyl (C=O) groups excluding carboxylic acids is 3. The molecule has 2 aliphatic rings. The van der Waals surface area contributed by atoms with Crippen LogP contribution < -0.4 is 10.2 Å². The van der Waals surface area contributed by atoms with Crippen LogP contribution in [-0.2, 0) is 17.8 Å². The Hall–Kier alpha value is -5.24. The first-order valence-corrected chi connectivity index (χ1v) is 13.8. The van der Waals surface area contributed by atoms with Gasteiger partial charge in [-0.1, -0.05) is 72.3 Å². The first-order valence-electron chi connectivity index (χ1n) is 13.8. The summed E-state index contributed by atoms with van der Waals surface area (Å²) in [5.74, 6) is -1.17. The Kier molecular flexibility index (Phi) is 6.12. The summed E-state index contributed by atoms with van der Waals surface area (Å²) in [4.78, 5) is 48.1. The maximum Gasteiger partial charge on any atom is 0.332 e. The number of urea groups is 1. The van der Waals surface area contributed by atoms with Crippen molar-refractivity contribution in [2.45, 2.75) is 32.0 Å². The molecule has 1 fully saturated rings. The van der Waals surface area contributed by atoms with Crippen molar-refractivity contribution in [3.63, 3.8) is 0 Å². The molecule has 0 aliphatic carbocycles. The Morgan fingerprint density at radius 1 is 0.929 bits per heavy atom. The third kappa shape index (κ3) is 4.15. The molecule has 4 amide bonds. The second kappa shape index (κ2) is 9.99. The standard InChI is InChI=1S/C34H27FN4O3/c1-20-10-14-22(15-11-20)31-30-26(24-6-2-4-8-27(24)37-30)18-29-33(41)39(34(42)38(29)31)28-9-5-3-7-25(28)32(40)36-19-21-12-16-23(35)17-13-21/h2-17,29,31,37H,18-19H2,1H3,(H,36,40)/t29-,31?/m0/s1. The van der Waals surface area contributed by atoms with Crippen LogP contribution in [0.2, 0.25) is 0 Å². The van der Waals surface area contributed by atoms with Crippen molar-refractivity contribution < 1.29 is 18.8 Å². The molecular weight excluding hydrogens is 531 g/mol. The molecule has 0 saturated carbocycles. The minimum Gasteiger partial charge on any atom is -0.356 e. The number of imide groups is 1. The maximum absolute atomic E-state index is 14.3. The smallest absolute Gasteiger partial charge is 0.332 e. The monoisotopic (exact) mass is 558 g/mol. The third-order valence-corrected chi connectivity index (χ3v) is 8.20. The quantitative estimate of drug-likeness (QED) is 0.259. The average Bonchev–Trinajstić information content (AvgIpc) is 3.50. The van der Waals surface area contributed by atoms with Gasteiger partial charge in [0, 0.05) is 29.6 Å². The van der Waals surface area contributed by atoms with Gasteiger partial charge in [0.2, 0.25) is 0 Å². The van der Waals surface area contributed by atoms with Crippen LogP contribution in [0, 0.1) is 12.7 Å². The lowest BCUT2D eigenvalue weighted by atomic mass is 9.88. The summed E-state index contributed by atoms with van der Waals surface area (Å²) in [7, 11) is 0. The molecule has 1 saturated heterocycles. The van der Waals surface area contributed by atoms with Crippen LogP contribution in [0.1, 0.15) is 44.3 Å². The van der Waals surface area contributed by atoms with Gasteiger partial charge in [-0.2, -0.15) is 0 Å². The Morgan fingerprint density at radius 2 is 1.64 bits per heavy atom. The number of anilines is 1. The van der Waals surface area contributed by atoms with E-state index in [4.69, 9.17) is 0 Å². The lowest BCUT2D eigenvalue weighted by Crippen LogP contribution is -2.44. The van der Waals surface area contributed by atoms with E-state index in [2.05, 4.69) is 10.3 Å². The first kappa shape index (κ1) is 25.7. The molecule has 2 N–H and O–H groups in total. The summed E-state index contributed by atoms with van der Waals surface area (Å²) < 4.78 is 13.3. The van der Waals surface area contributed by atoms with Crippen LogP contribution in [0.4, 0.5) is 14.9 Å². The van der Waals surface area contributed by atoms with Gasteiger partial charge in [-0.05, 0) is 53.9 Å². The number of H-pyrrole nitrogens is 1. The van der Waals surface area contributed by atoms with Crippen molar-refractivity contribution in [3.8, 4) is 0 Å². The predicted octanol–water partition coefficient (Wildman–Crippen LogP) is 6.03. The van der Waals surface area contributed by atoms with Crippen molar-refractivity contribution in [2.75, 3.05) is 4.90 Å². The van der Waals surface area contributed by atoms with Crippen molar-refractivity contribution >= 4 is 34.4 Å². The van der Waals surface area contributed by atoms with Crippen molar-refractivity contribution in [3.05, 3.63) is 136 Å². The summed E-state index contributed by atoms with van der Waals surface area (Å²) in [6.45, 7) is 2.17. The van der Waals surface area contributed by atoms with Gasteiger partial charge in [0.1, 0.15) is 17.9 Å². The van der Waals surface area contributed by atoms with Crippen LogP contribution in [0.25, 0.3) is 10.9 Å². The molecule has 2 atom stereocenters. The second-order valence-electron chi connectivity index (χ2n) is 10.8. The molecule has 0 spiro atoms. The molecule has 1 unspecified atom stereocenters. The average molecular weight is 559 g/mol. The molecule has 0 radical (unpaired) electrons. The van der Waals surface area contributed by atoms with E-state index >= 15 is 0 Å². The molecule has 42 heavy (non-hydrogen) atoms. The zero-order chi connectivity index (χ0) is 29.0. The molecule has 5 aromatic rings. The Labute approximate surface area is 241 Å². The van der Waals surface area contributed by atoms with Crippen LogP contribution >= 0.6 is 0 Å². The number of hydrogen-bond acceptors (Lipinski definition) is 3. The van der Waals surface area contributed by atoms with Gasteiger partial charge in [0.25, 0.3) is 11.8 Å². The number of benzene rings is 4. The number of fused-ring (bicyclic) bond motifs is 4. The van der Waals surface area contributed by atoms with E-state index in [1.165, 1.54) is 12.1 Å².